The standard InChI is InChI=1S/C23H17ClN4O/c1-28-21(23(29)27-12-16-3-2-4-18(24)9-16)10-19-20(13-26-14-22(19)28)17-7-5-15(11-25)6-8-17/h2-10,13-14H,12H2,1H3,(H,27,29). The predicted molar refractivity (Wildman–Crippen MR) is 113 cm³/mol. The third-order valence-corrected chi connectivity index (χ3v) is 5.11. The summed E-state index contributed by atoms with van der Waals surface area (Å²) in [6.45, 7) is 0.391. The molecule has 1 N–H and O–H groups in total. The molecule has 0 bridgehead atoms. The lowest BCUT2D eigenvalue weighted by Gasteiger charge is -2.07. The first-order valence-electron chi connectivity index (χ1n) is 9.03. The molecular formula is C23H17ClN4O. The Morgan fingerprint density at radius 3 is 2.69 bits per heavy atom. The molecule has 2 aromatic heterocycles. The Kier molecular flexibility index (Phi) is 5.03. The quantitative estimate of drug-likeness (QED) is 0.540. The van der Waals surface area contributed by atoms with Crippen LogP contribution in [0, 0.1) is 11.3 Å². The second-order valence-electron chi connectivity index (χ2n) is 6.71. The van der Waals surface area contributed by atoms with Gasteiger partial charge in [0.05, 0.1) is 23.3 Å². The number of pyridine rings is 1. The lowest BCUT2D eigenvalue weighted by atomic mass is 10.0. The van der Waals surface area contributed by atoms with Crippen molar-refractivity contribution in [2.75, 3.05) is 0 Å². The van der Waals surface area contributed by atoms with Crippen molar-refractivity contribution in [3.05, 3.63) is 88.8 Å². The number of nitrogens with zero attached hydrogens (tertiary/aromatic N) is 3. The summed E-state index contributed by atoms with van der Waals surface area (Å²) < 4.78 is 1.84. The molecule has 29 heavy (non-hydrogen) atoms. The summed E-state index contributed by atoms with van der Waals surface area (Å²) in [5.74, 6) is -0.172. The number of benzene rings is 2. The minimum absolute atomic E-state index is 0.172. The van der Waals surface area contributed by atoms with Crippen molar-refractivity contribution >= 4 is 28.4 Å². The van der Waals surface area contributed by atoms with Gasteiger partial charge in [0, 0.05) is 35.8 Å². The van der Waals surface area contributed by atoms with Crippen molar-refractivity contribution < 1.29 is 4.79 Å². The fourth-order valence-electron chi connectivity index (χ4n) is 3.33. The van der Waals surface area contributed by atoms with Crippen LogP contribution >= 0.6 is 11.6 Å². The van der Waals surface area contributed by atoms with Crippen molar-refractivity contribution in [3.63, 3.8) is 0 Å². The SMILES string of the molecule is Cn1c(C(=O)NCc2cccc(Cl)c2)cc2c(-c3ccc(C#N)cc3)cncc21. The maximum absolute atomic E-state index is 12.8. The van der Waals surface area contributed by atoms with Crippen molar-refractivity contribution in [2.24, 2.45) is 7.05 Å². The number of nitriles is 1. The Morgan fingerprint density at radius 2 is 1.97 bits per heavy atom. The van der Waals surface area contributed by atoms with Gasteiger partial charge in [0.15, 0.2) is 0 Å². The number of aromatic nitrogens is 2. The molecule has 142 valence electrons. The molecule has 0 radical (unpaired) electrons. The molecule has 4 aromatic rings. The molecule has 0 aliphatic heterocycles. The van der Waals surface area contributed by atoms with Gasteiger partial charge in [0.25, 0.3) is 5.91 Å². The van der Waals surface area contributed by atoms with Crippen LogP contribution < -0.4 is 5.32 Å². The zero-order valence-corrected chi connectivity index (χ0v) is 16.4. The Balaban J connectivity index is 1.66. The van der Waals surface area contributed by atoms with E-state index in [1.54, 1.807) is 30.6 Å². The van der Waals surface area contributed by atoms with Crippen LogP contribution in [0.25, 0.3) is 22.0 Å². The summed E-state index contributed by atoms with van der Waals surface area (Å²) in [5, 5.41) is 13.5. The van der Waals surface area contributed by atoms with E-state index < -0.39 is 0 Å². The number of carbonyl (C=O) groups is 1. The molecule has 0 saturated carbocycles. The van der Waals surface area contributed by atoms with Crippen molar-refractivity contribution in [3.8, 4) is 17.2 Å². The van der Waals surface area contributed by atoms with Crippen LogP contribution in [0.4, 0.5) is 0 Å². The van der Waals surface area contributed by atoms with E-state index in [1.165, 1.54) is 0 Å². The van der Waals surface area contributed by atoms with Crippen molar-refractivity contribution in [2.45, 2.75) is 6.54 Å². The van der Waals surface area contributed by atoms with Gasteiger partial charge in [-0.15, -0.1) is 0 Å². The maximum Gasteiger partial charge on any atom is 0.268 e. The molecule has 5 nitrogen and oxygen atoms in total. The van der Waals surface area contributed by atoms with Crippen LogP contribution in [-0.2, 0) is 13.6 Å². The molecule has 1 amide bonds. The fourth-order valence-corrected chi connectivity index (χ4v) is 3.55. The summed E-state index contributed by atoms with van der Waals surface area (Å²) in [6.07, 6.45) is 3.52. The summed E-state index contributed by atoms with van der Waals surface area (Å²) in [7, 11) is 1.85. The third kappa shape index (κ3) is 3.71. The van der Waals surface area contributed by atoms with Gasteiger partial charge in [0.1, 0.15) is 5.69 Å². The van der Waals surface area contributed by atoms with Gasteiger partial charge >= 0.3 is 0 Å². The Bertz CT molecular complexity index is 1250. The normalized spacial score (nSPS) is 10.7. The Labute approximate surface area is 173 Å². The van der Waals surface area contributed by atoms with E-state index in [-0.39, 0.29) is 5.91 Å². The van der Waals surface area contributed by atoms with E-state index in [1.807, 2.05) is 48.0 Å². The number of rotatable bonds is 4. The maximum atomic E-state index is 12.8. The number of nitrogens with one attached hydrogen (secondary N) is 1. The lowest BCUT2D eigenvalue weighted by molar-refractivity contribution is 0.0943. The van der Waals surface area contributed by atoms with Gasteiger partial charge in [-0.25, -0.2) is 0 Å². The number of hydrogen-bond donors (Lipinski definition) is 1. The molecule has 4 rings (SSSR count). The largest absolute Gasteiger partial charge is 0.347 e. The molecule has 0 fully saturated rings. The Hall–Kier alpha value is -3.62. The molecule has 6 heteroatoms. The molecule has 0 aliphatic carbocycles. The average Bonchev–Trinajstić information content (AvgIpc) is 3.09. The van der Waals surface area contributed by atoms with Gasteiger partial charge in [0.2, 0.25) is 0 Å². The smallest absolute Gasteiger partial charge is 0.268 e. The minimum Gasteiger partial charge on any atom is -0.347 e. The van der Waals surface area contributed by atoms with Crippen molar-refractivity contribution in [1.29, 1.82) is 5.26 Å². The zero-order valence-electron chi connectivity index (χ0n) is 15.7. The first kappa shape index (κ1) is 18.7. The number of hydrogen-bond acceptors (Lipinski definition) is 3. The molecule has 2 heterocycles. The number of aryl methyl sites for hydroxylation is 1. The van der Waals surface area contributed by atoms with Gasteiger partial charge in [-0.3, -0.25) is 9.78 Å². The molecular weight excluding hydrogens is 384 g/mol. The van der Waals surface area contributed by atoms with Crippen LogP contribution in [0.1, 0.15) is 21.6 Å². The Morgan fingerprint density at radius 1 is 1.17 bits per heavy atom. The first-order valence-corrected chi connectivity index (χ1v) is 9.41. The van der Waals surface area contributed by atoms with Crippen LogP contribution in [-0.4, -0.2) is 15.5 Å². The van der Waals surface area contributed by atoms with Crippen molar-refractivity contribution in [1.82, 2.24) is 14.9 Å². The van der Waals surface area contributed by atoms with E-state index in [0.29, 0.717) is 22.8 Å². The van der Waals surface area contributed by atoms with Crippen LogP contribution in [0.2, 0.25) is 5.02 Å². The van der Waals surface area contributed by atoms with Crippen LogP contribution in [0.15, 0.2) is 67.0 Å². The zero-order chi connectivity index (χ0) is 20.4. The monoisotopic (exact) mass is 400 g/mol. The lowest BCUT2D eigenvalue weighted by Crippen LogP contribution is -2.24. The van der Waals surface area contributed by atoms with E-state index >= 15 is 0 Å². The third-order valence-electron chi connectivity index (χ3n) is 4.87. The molecule has 0 atom stereocenters. The summed E-state index contributed by atoms with van der Waals surface area (Å²) in [4.78, 5) is 17.1. The van der Waals surface area contributed by atoms with Gasteiger partial charge in [-0.2, -0.15) is 5.26 Å². The topological polar surface area (TPSA) is 70.7 Å². The number of fused-ring (bicyclic) bond motifs is 1. The first-order chi connectivity index (χ1) is 14.1. The molecule has 2 aromatic carbocycles. The van der Waals surface area contributed by atoms with E-state index in [9.17, 15) is 4.79 Å². The summed E-state index contributed by atoms with van der Waals surface area (Å²) in [6, 6.07) is 18.7. The highest BCUT2D eigenvalue weighted by Crippen LogP contribution is 2.30. The molecule has 0 unspecified atom stereocenters. The number of amides is 1. The molecule has 0 saturated heterocycles. The van der Waals surface area contributed by atoms with Gasteiger partial charge in [-0.05, 0) is 41.5 Å². The van der Waals surface area contributed by atoms with E-state index in [4.69, 9.17) is 16.9 Å². The highest BCUT2D eigenvalue weighted by Gasteiger charge is 2.16. The summed E-state index contributed by atoms with van der Waals surface area (Å²) >= 11 is 6.01. The summed E-state index contributed by atoms with van der Waals surface area (Å²) in [5.41, 5.74) is 4.80. The van der Waals surface area contributed by atoms with E-state index in [2.05, 4.69) is 16.4 Å². The molecule has 0 aliphatic rings. The van der Waals surface area contributed by atoms with Gasteiger partial charge < -0.3 is 9.88 Å². The van der Waals surface area contributed by atoms with Crippen LogP contribution in [0.3, 0.4) is 0 Å². The van der Waals surface area contributed by atoms with E-state index in [0.717, 1.165) is 27.6 Å². The van der Waals surface area contributed by atoms with Crippen LogP contribution in [0.5, 0.6) is 0 Å². The predicted octanol–water partition coefficient (Wildman–Crippen LogP) is 4.70. The highest BCUT2D eigenvalue weighted by molar-refractivity contribution is 6.30. The minimum atomic E-state index is -0.172. The molecule has 0 spiro atoms. The number of halogens is 1. The average molecular weight is 401 g/mol. The highest BCUT2D eigenvalue weighted by atomic mass is 35.5. The second-order valence-corrected chi connectivity index (χ2v) is 7.15. The van der Waals surface area contributed by atoms with Gasteiger partial charge in [-0.1, -0.05) is 35.9 Å². The number of carbonyl (C=O) groups excluding carboxylic acids is 1. The fraction of sp³-hybridized carbons (Fsp3) is 0.0870. The second kappa shape index (κ2) is 7.78.